The number of imidazole rings is 1. The third kappa shape index (κ3) is 3.04. The van der Waals surface area contributed by atoms with Gasteiger partial charge in [0.05, 0.1) is 12.8 Å². The first-order valence-corrected chi connectivity index (χ1v) is 7.45. The van der Waals surface area contributed by atoms with Crippen molar-refractivity contribution in [3.8, 4) is 5.75 Å². The summed E-state index contributed by atoms with van der Waals surface area (Å²) >= 11 is 0. The van der Waals surface area contributed by atoms with Crippen molar-refractivity contribution in [3.63, 3.8) is 0 Å². The lowest BCUT2D eigenvalue weighted by molar-refractivity contribution is 0.0944. The predicted octanol–water partition coefficient (Wildman–Crippen LogP) is 2.89. The molecule has 5 nitrogen and oxygen atoms in total. The van der Waals surface area contributed by atoms with E-state index in [-0.39, 0.29) is 5.91 Å². The molecule has 1 aromatic carbocycles. The summed E-state index contributed by atoms with van der Waals surface area (Å²) in [6.07, 6.45) is 1.80. The fraction of sp³-hybridized carbons (Fsp3) is 0.222. The van der Waals surface area contributed by atoms with E-state index in [1.54, 1.807) is 17.7 Å². The van der Waals surface area contributed by atoms with Gasteiger partial charge in [-0.1, -0.05) is 29.8 Å². The molecule has 0 radical (unpaired) electrons. The van der Waals surface area contributed by atoms with Crippen LogP contribution in [0.1, 0.15) is 27.3 Å². The number of carbonyl (C=O) groups is 1. The molecule has 5 heteroatoms. The quantitative estimate of drug-likeness (QED) is 0.806. The molecular weight excluding hydrogens is 290 g/mol. The maximum atomic E-state index is 12.5. The molecule has 0 saturated carbocycles. The first-order chi connectivity index (χ1) is 11.1. The Morgan fingerprint density at radius 3 is 2.65 bits per heavy atom. The second-order valence-corrected chi connectivity index (χ2v) is 5.51. The Hall–Kier alpha value is -2.82. The SMILES string of the molecule is COc1ccn2c(C(=O)NCc3ccc(C)cc3)c(C)nc2c1. The summed E-state index contributed by atoms with van der Waals surface area (Å²) in [6, 6.07) is 11.7. The lowest BCUT2D eigenvalue weighted by atomic mass is 10.1. The molecule has 3 rings (SSSR count). The lowest BCUT2D eigenvalue weighted by Crippen LogP contribution is -2.24. The number of hydrogen-bond acceptors (Lipinski definition) is 3. The zero-order valence-corrected chi connectivity index (χ0v) is 13.5. The molecule has 1 N–H and O–H groups in total. The highest BCUT2D eigenvalue weighted by atomic mass is 16.5. The number of ether oxygens (including phenoxy) is 1. The van der Waals surface area contributed by atoms with Crippen LogP contribution in [0.3, 0.4) is 0 Å². The highest BCUT2D eigenvalue weighted by molar-refractivity contribution is 5.94. The Morgan fingerprint density at radius 2 is 1.96 bits per heavy atom. The number of aryl methyl sites for hydroxylation is 2. The van der Waals surface area contributed by atoms with E-state index >= 15 is 0 Å². The van der Waals surface area contributed by atoms with Gasteiger partial charge in [0.2, 0.25) is 0 Å². The average molecular weight is 309 g/mol. The largest absolute Gasteiger partial charge is 0.497 e. The van der Waals surface area contributed by atoms with Crippen molar-refractivity contribution in [2.75, 3.05) is 7.11 Å². The summed E-state index contributed by atoms with van der Waals surface area (Å²) < 4.78 is 6.97. The van der Waals surface area contributed by atoms with Crippen LogP contribution in [0.4, 0.5) is 0 Å². The lowest BCUT2D eigenvalue weighted by Gasteiger charge is -2.07. The van der Waals surface area contributed by atoms with Gasteiger partial charge in [0.15, 0.2) is 0 Å². The van der Waals surface area contributed by atoms with Crippen LogP contribution < -0.4 is 10.1 Å². The first kappa shape index (κ1) is 15.1. The van der Waals surface area contributed by atoms with Crippen LogP contribution in [-0.4, -0.2) is 22.4 Å². The number of fused-ring (bicyclic) bond motifs is 1. The number of nitrogens with one attached hydrogen (secondary N) is 1. The molecule has 0 aliphatic heterocycles. The van der Waals surface area contributed by atoms with Gasteiger partial charge in [-0.15, -0.1) is 0 Å². The zero-order valence-electron chi connectivity index (χ0n) is 13.5. The number of amides is 1. The van der Waals surface area contributed by atoms with Gasteiger partial charge < -0.3 is 10.1 Å². The van der Waals surface area contributed by atoms with Gasteiger partial charge >= 0.3 is 0 Å². The topological polar surface area (TPSA) is 55.6 Å². The summed E-state index contributed by atoms with van der Waals surface area (Å²) in [4.78, 5) is 17.0. The summed E-state index contributed by atoms with van der Waals surface area (Å²) in [5, 5.41) is 2.95. The number of rotatable bonds is 4. The molecular formula is C18H19N3O2. The number of carbonyl (C=O) groups excluding carboxylic acids is 1. The van der Waals surface area contributed by atoms with Crippen LogP contribution >= 0.6 is 0 Å². The maximum Gasteiger partial charge on any atom is 0.270 e. The number of pyridine rings is 1. The molecule has 0 spiro atoms. The van der Waals surface area contributed by atoms with Gasteiger partial charge in [-0.3, -0.25) is 9.20 Å². The van der Waals surface area contributed by atoms with Gasteiger partial charge in [0.1, 0.15) is 17.1 Å². The summed E-state index contributed by atoms with van der Waals surface area (Å²) in [6.45, 7) is 4.36. The zero-order chi connectivity index (χ0) is 16.4. The van der Waals surface area contributed by atoms with E-state index in [1.807, 2.05) is 50.2 Å². The van der Waals surface area contributed by atoms with E-state index in [4.69, 9.17) is 4.74 Å². The molecule has 2 heterocycles. The molecule has 2 aromatic heterocycles. The van der Waals surface area contributed by atoms with Crippen LogP contribution in [0.15, 0.2) is 42.6 Å². The van der Waals surface area contributed by atoms with Gasteiger partial charge in [-0.25, -0.2) is 4.98 Å². The summed E-state index contributed by atoms with van der Waals surface area (Å²) in [7, 11) is 1.61. The Balaban J connectivity index is 1.83. The van der Waals surface area contributed by atoms with Crippen LogP contribution in [0.25, 0.3) is 5.65 Å². The van der Waals surface area contributed by atoms with Crippen molar-refractivity contribution in [1.82, 2.24) is 14.7 Å². The Kier molecular flexibility index (Phi) is 4.02. The molecule has 0 aliphatic rings. The van der Waals surface area contributed by atoms with Crippen molar-refractivity contribution in [1.29, 1.82) is 0 Å². The van der Waals surface area contributed by atoms with Crippen molar-refractivity contribution < 1.29 is 9.53 Å². The molecule has 0 fully saturated rings. The van der Waals surface area contributed by atoms with Crippen LogP contribution in [0.2, 0.25) is 0 Å². The van der Waals surface area contributed by atoms with E-state index in [1.165, 1.54) is 5.56 Å². The van der Waals surface area contributed by atoms with E-state index in [0.29, 0.717) is 29.3 Å². The average Bonchev–Trinajstić information content (AvgIpc) is 2.88. The minimum absolute atomic E-state index is 0.138. The third-order valence-corrected chi connectivity index (χ3v) is 3.80. The Labute approximate surface area is 134 Å². The Morgan fingerprint density at radius 1 is 1.22 bits per heavy atom. The molecule has 0 bridgehead atoms. The fourth-order valence-corrected chi connectivity index (χ4v) is 2.52. The van der Waals surface area contributed by atoms with Crippen molar-refractivity contribution in [3.05, 3.63) is 65.1 Å². The van der Waals surface area contributed by atoms with Crippen molar-refractivity contribution >= 4 is 11.6 Å². The molecule has 0 atom stereocenters. The Bertz CT molecular complexity index is 851. The maximum absolute atomic E-state index is 12.5. The predicted molar refractivity (Wildman–Crippen MR) is 88.8 cm³/mol. The summed E-state index contributed by atoms with van der Waals surface area (Å²) in [5.74, 6) is 0.579. The number of nitrogens with zero attached hydrogens (tertiary/aromatic N) is 2. The molecule has 118 valence electrons. The van der Waals surface area contributed by atoms with E-state index in [2.05, 4.69) is 10.3 Å². The van der Waals surface area contributed by atoms with E-state index < -0.39 is 0 Å². The van der Waals surface area contributed by atoms with E-state index in [9.17, 15) is 4.79 Å². The minimum Gasteiger partial charge on any atom is -0.497 e. The second-order valence-electron chi connectivity index (χ2n) is 5.51. The van der Waals surface area contributed by atoms with E-state index in [0.717, 1.165) is 5.56 Å². The van der Waals surface area contributed by atoms with Crippen LogP contribution in [-0.2, 0) is 6.54 Å². The normalized spacial score (nSPS) is 10.7. The molecule has 0 saturated heterocycles. The molecule has 0 aliphatic carbocycles. The van der Waals surface area contributed by atoms with Crippen LogP contribution in [0, 0.1) is 13.8 Å². The molecule has 1 amide bonds. The van der Waals surface area contributed by atoms with Gasteiger partial charge in [-0.2, -0.15) is 0 Å². The smallest absolute Gasteiger partial charge is 0.270 e. The summed E-state index contributed by atoms with van der Waals surface area (Å²) in [5.41, 5.74) is 4.21. The van der Waals surface area contributed by atoms with Gasteiger partial charge in [-0.05, 0) is 25.5 Å². The molecule has 3 aromatic rings. The third-order valence-electron chi connectivity index (χ3n) is 3.80. The van der Waals surface area contributed by atoms with Gasteiger partial charge in [0.25, 0.3) is 5.91 Å². The number of methoxy groups -OCH3 is 1. The fourth-order valence-electron chi connectivity index (χ4n) is 2.52. The standard InChI is InChI=1S/C18H19N3O2/c1-12-4-6-14(7-5-12)11-19-18(22)17-13(2)20-16-10-15(23-3)8-9-21(16)17/h4-10H,11H2,1-3H3,(H,19,22). The van der Waals surface area contributed by atoms with Crippen LogP contribution in [0.5, 0.6) is 5.75 Å². The van der Waals surface area contributed by atoms with Crippen molar-refractivity contribution in [2.24, 2.45) is 0 Å². The molecule has 0 unspecified atom stereocenters. The second kappa shape index (κ2) is 6.12. The minimum atomic E-state index is -0.138. The first-order valence-electron chi connectivity index (χ1n) is 7.45. The van der Waals surface area contributed by atoms with Crippen molar-refractivity contribution in [2.45, 2.75) is 20.4 Å². The number of aromatic nitrogens is 2. The highest BCUT2D eigenvalue weighted by Gasteiger charge is 2.16. The number of hydrogen-bond donors (Lipinski definition) is 1. The highest BCUT2D eigenvalue weighted by Crippen LogP contribution is 2.17. The number of benzene rings is 1. The van der Waals surface area contributed by atoms with Gasteiger partial charge in [0, 0.05) is 18.8 Å². The monoisotopic (exact) mass is 309 g/mol. The molecule has 23 heavy (non-hydrogen) atoms.